The van der Waals surface area contributed by atoms with Crippen LogP contribution in [0.4, 0.5) is 17.2 Å². The van der Waals surface area contributed by atoms with Crippen LogP contribution in [0.5, 0.6) is 0 Å². The molecule has 0 unspecified atom stereocenters. The molecule has 1 saturated carbocycles. The van der Waals surface area contributed by atoms with Crippen LogP contribution in [0, 0.1) is 0 Å². The van der Waals surface area contributed by atoms with Gasteiger partial charge >= 0.3 is 0 Å². The average Bonchev–Trinajstić information content (AvgIpc) is 3.01. The predicted molar refractivity (Wildman–Crippen MR) is 101 cm³/mol. The van der Waals surface area contributed by atoms with Gasteiger partial charge in [-0.2, -0.15) is 0 Å². The highest BCUT2D eigenvalue weighted by Crippen LogP contribution is 2.33. The fraction of sp³-hybridized carbons (Fsp3) is 0.333. The number of fused-ring (bicyclic) bond motifs is 1. The molecule has 0 spiro atoms. The first-order chi connectivity index (χ1) is 12.1. The van der Waals surface area contributed by atoms with Crippen molar-refractivity contribution in [2.75, 3.05) is 11.1 Å². The Balaban J connectivity index is 1.71. The number of rotatable bonds is 3. The topological polar surface area (TPSA) is 94.3 Å². The van der Waals surface area contributed by atoms with Crippen LogP contribution in [0.3, 0.4) is 0 Å². The largest absolute Gasteiger partial charge is 0.382 e. The maximum Gasteiger partial charge on any atom is 0.177 e. The molecular weight excluding hydrogens is 336 g/mol. The molecule has 5 N–H and O–H groups in total. The van der Waals surface area contributed by atoms with Crippen LogP contribution < -0.4 is 16.8 Å². The summed E-state index contributed by atoms with van der Waals surface area (Å²) in [6.45, 7) is 0. The average molecular weight is 357 g/mol. The highest BCUT2D eigenvalue weighted by atomic mass is 35.5. The van der Waals surface area contributed by atoms with Gasteiger partial charge in [0.25, 0.3) is 0 Å². The summed E-state index contributed by atoms with van der Waals surface area (Å²) in [5.74, 6) is 0.854. The number of nitrogens with one attached hydrogen (secondary N) is 1. The molecule has 2 aromatic heterocycles. The van der Waals surface area contributed by atoms with Gasteiger partial charge in [-0.1, -0.05) is 23.7 Å². The second kappa shape index (κ2) is 6.54. The van der Waals surface area contributed by atoms with E-state index < -0.39 is 0 Å². The van der Waals surface area contributed by atoms with Crippen molar-refractivity contribution in [1.29, 1.82) is 0 Å². The molecule has 2 heterocycles. The Morgan fingerprint density at radius 3 is 2.64 bits per heavy atom. The van der Waals surface area contributed by atoms with Gasteiger partial charge in [-0.25, -0.2) is 9.50 Å². The minimum absolute atomic E-state index is 0.319. The Bertz CT molecular complexity index is 898. The van der Waals surface area contributed by atoms with E-state index in [0.29, 0.717) is 22.8 Å². The van der Waals surface area contributed by atoms with Gasteiger partial charge in [-0.3, -0.25) is 0 Å². The molecule has 4 rings (SSSR count). The van der Waals surface area contributed by atoms with Gasteiger partial charge in [0.1, 0.15) is 5.82 Å². The number of hydrogen-bond donors (Lipinski definition) is 3. The third-order valence-corrected chi connectivity index (χ3v) is 5.13. The van der Waals surface area contributed by atoms with E-state index in [-0.39, 0.29) is 0 Å². The van der Waals surface area contributed by atoms with Crippen molar-refractivity contribution < 1.29 is 0 Å². The Morgan fingerprint density at radius 1 is 1.12 bits per heavy atom. The van der Waals surface area contributed by atoms with Crippen molar-refractivity contribution >= 4 is 34.4 Å². The summed E-state index contributed by atoms with van der Waals surface area (Å²) < 4.78 is 1.75. The van der Waals surface area contributed by atoms with Gasteiger partial charge in [0, 0.05) is 18.0 Å². The fourth-order valence-corrected chi connectivity index (χ4v) is 3.61. The zero-order valence-electron chi connectivity index (χ0n) is 13.8. The number of para-hydroxylation sites is 1. The molecule has 0 saturated heterocycles. The molecule has 0 radical (unpaired) electrons. The Hall–Kier alpha value is -2.31. The van der Waals surface area contributed by atoms with E-state index in [1.54, 1.807) is 10.6 Å². The van der Waals surface area contributed by atoms with Crippen LogP contribution in [0.15, 0.2) is 36.5 Å². The van der Waals surface area contributed by atoms with E-state index in [2.05, 4.69) is 10.4 Å². The van der Waals surface area contributed by atoms with E-state index in [9.17, 15) is 0 Å². The lowest BCUT2D eigenvalue weighted by atomic mass is 9.85. The smallest absolute Gasteiger partial charge is 0.177 e. The van der Waals surface area contributed by atoms with Crippen molar-refractivity contribution in [3.8, 4) is 0 Å². The van der Waals surface area contributed by atoms with Crippen LogP contribution in [0.1, 0.15) is 37.3 Å². The van der Waals surface area contributed by atoms with Crippen molar-refractivity contribution in [2.24, 2.45) is 5.73 Å². The number of nitrogen functional groups attached to an aromatic ring is 1. The van der Waals surface area contributed by atoms with Crippen LogP contribution in [0.25, 0.3) is 5.65 Å². The van der Waals surface area contributed by atoms with Gasteiger partial charge in [-0.15, -0.1) is 5.10 Å². The first-order valence-corrected chi connectivity index (χ1v) is 8.91. The van der Waals surface area contributed by atoms with E-state index in [1.807, 2.05) is 30.5 Å². The monoisotopic (exact) mass is 356 g/mol. The highest BCUT2D eigenvalue weighted by molar-refractivity contribution is 6.33. The number of halogens is 1. The lowest BCUT2D eigenvalue weighted by Crippen LogP contribution is -2.25. The third-order valence-electron chi connectivity index (χ3n) is 4.80. The Kier molecular flexibility index (Phi) is 4.23. The molecule has 6 nitrogen and oxygen atoms in total. The maximum absolute atomic E-state index is 6.26. The van der Waals surface area contributed by atoms with Gasteiger partial charge in [0.15, 0.2) is 5.65 Å². The SMILES string of the molecule is Nc1cc(Nc2ccccc2Cl)c2nc([C@H]3CC[C@H](N)CC3)cn2n1. The lowest BCUT2D eigenvalue weighted by molar-refractivity contribution is 0.391. The minimum atomic E-state index is 0.319. The number of benzene rings is 1. The van der Waals surface area contributed by atoms with E-state index >= 15 is 0 Å². The summed E-state index contributed by atoms with van der Waals surface area (Å²) >= 11 is 6.26. The second-order valence-corrected chi connectivity index (χ2v) is 7.04. The second-order valence-electron chi connectivity index (χ2n) is 6.63. The van der Waals surface area contributed by atoms with Crippen LogP contribution in [-0.2, 0) is 0 Å². The molecule has 25 heavy (non-hydrogen) atoms. The van der Waals surface area contributed by atoms with E-state index in [4.69, 9.17) is 28.1 Å². The summed E-state index contributed by atoms with van der Waals surface area (Å²) in [5.41, 5.74) is 15.4. The first-order valence-electron chi connectivity index (χ1n) is 8.53. The van der Waals surface area contributed by atoms with Crippen molar-refractivity contribution in [3.05, 3.63) is 47.2 Å². The number of anilines is 3. The van der Waals surface area contributed by atoms with Crippen LogP contribution in [0.2, 0.25) is 5.02 Å². The van der Waals surface area contributed by atoms with Crippen LogP contribution >= 0.6 is 11.6 Å². The standard InChI is InChI=1S/C18H21ClN6/c19-13-3-1-2-4-14(13)22-15-9-17(21)24-25-10-16(23-18(15)25)11-5-7-12(20)8-6-11/h1-4,9-12,22H,5-8,20H2,(H2,21,24)/t11-,12-. The molecule has 0 aliphatic heterocycles. The molecule has 3 aromatic rings. The Labute approximate surface area is 151 Å². The number of nitrogens with zero attached hydrogens (tertiary/aromatic N) is 3. The number of imidazole rings is 1. The summed E-state index contributed by atoms with van der Waals surface area (Å²) in [4.78, 5) is 4.83. The zero-order chi connectivity index (χ0) is 17.4. The molecule has 1 aromatic carbocycles. The molecule has 7 heteroatoms. The summed E-state index contributed by atoms with van der Waals surface area (Å²) in [6, 6.07) is 9.69. The zero-order valence-corrected chi connectivity index (χ0v) is 14.6. The number of nitrogens with two attached hydrogens (primary N) is 2. The van der Waals surface area contributed by atoms with E-state index in [1.165, 1.54) is 0 Å². The van der Waals surface area contributed by atoms with Crippen molar-refractivity contribution in [3.63, 3.8) is 0 Å². The summed E-state index contributed by atoms with van der Waals surface area (Å²) in [7, 11) is 0. The Morgan fingerprint density at radius 2 is 1.88 bits per heavy atom. The molecule has 0 bridgehead atoms. The van der Waals surface area contributed by atoms with Gasteiger partial charge in [-0.05, 0) is 37.8 Å². The van der Waals surface area contributed by atoms with E-state index in [0.717, 1.165) is 48.4 Å². The van der Waals surface area contributed by atoms with Crippen molar-refractivity contribution in [2.45, 2.75) is 37.6 Å². The van der Waals surface area contributed by atoms with Gasteiger partial charge in [0.05, 0.1) is 28.3 Å². The third kappa shape index (κ3) is 3.27. The highest BCUT2D eigenvalue weighted by Gasteiger charge is 2.23. The maximum atomic E-state index is 6.26. The van der Waals surface area contributed by atoms with Crippen LogP contribution in [-0.4, -0.2) is 20.6 Å². The molecule has 1 aliphatic carbocycles. The normalized spacial score (nSPS) is 20.7. The molecule has 0 atom stereocenters. The van der Waals surface area contributed by atoms with Crippen molar-refractivity contribution in [1.82, 2.24) is 14.6 Å². The van der Waals surface area contributed by atoms with Gasteiger partial charge < -0.3 is 16.8 Å². The molecule has 130 valence electrons. The summed E-state index contributed by atoms with van der Waals surface area (Å²) in [5, 5.41) is 8.33. The molecule has 1 aliphatic rings. The number of aromatic nitrogens is 3. The lowest BCUT2D eigenvalue weighted by Gasteiger charge is -2.24. The van der Waals surface area contributed by atoms with Gasteiger partial charge in [0.2, 0.25) is 0 Å². The summed E-state index contributed by atoms with van der Waals surface area (Å²) in [6.07, 6.45) is 6.18. The molecular formula is C18H21ClN6. The quantitative estimate of drug-likeness (QED) is 0.665. The first kappa shape index (κ1) is 16.2. The number of hydrogen-bond acceptors (Lipinski definition) is 5. The molecule has 1 fully saturated rings. The molecule has 0 amide bonds. The predicted octanol–water partition coefficient (Wildman–Crippen LogP) is 3.69. The minimum Gasteiger partial charge on any atom is -0.382 e. The fourth-order valence-electron chi connectivity index (χ4n) is 3.43.